The predicted octanol–water partition coefficient (Wildman–Crippen LogP) is 0.0502. The highest BCUT2D eigenvalue weighted by Crippen LogP contribution is 2.52. The molecular weight excluding hydrogens is 320 g/mol. The molecule has 1 aromatic rings. The van der Waals surface area contributed by atoms with Crippen molar-refractivity contribution in [3.05, 3.63) is 47.7 Å². The Labute approximate surface area is 146 Å². The van der Waals surface area contributed by atoms with Crippen molar-refractivity contribution in [2.45, 2.75) is 24.9 Å². The summed E-state index contributed by atoms with van der Waals surface area (Å²) in [5.74, 6) is -0.965. The van der Waals surface area contributed by atoms with Crippen LogP contribution in [0.3, 0.4) is 0 Å². The second kappa shape index (κ2) is 6.50. The summed E-state index contributed by atoms with van der Waals surface area (Å²) >= 11 is 0. The zero-order chi connectivity index (χ0) is 18.2. The molecule has 4 atom stereocenters. The topological polar surface area (TPSA) is 108 Å². The van der Waals surface area contributed by atoms with Crippen LogP contribution in [0.2, 0.25) is 0 Å². The first kappa shape index (κ1) is 17.4. The van der Waals surface area contributed by atoms with E-state index in [1.807, 2.05) is 37.3 Å². The van der Waals surface area contributed by atoms with E-state index in [4.69, 9.17) is 5.73 Å². The van der Waals surface area contributed by atoms with Crippen LogP contribution in [0, 0.1) is 11.8 Å². The number of hydrogen-bond donors (Lipinski definition) is 4. The summed E-state index contributed by atoms with van der Waals surface area (Å²) in [6.45, 7) is 1.95. The average Bonchev–Trinajstić information content (AvgIpc) is 3.32. The third-order valence-corrected chi connectivity index (χ3v) is 5.26. The Balaban J connectivity index is 2.03. The summed E-state index contributed by atoms with van der Waals surface area (Å²) in [6.07, 6.45) is 2.31. The Kier molecular flexibility index (Phi) is 4.53. The van der Waals surface area contributed by atoms with Gasteiger partial charge in [0.2, 0.25) is 5.91 Å². The number of carbonyl (C=O) groups is 2. The highest BCUT2D eigenvalue weighted by Gasteiger charge is 2.62. The fourth-order valence-corrected chi connectivity index (χ4v) is 3.74. The standard InChI is InChI=1S/C18H24N4O3/c1-11(12-6-4-3-5-7-12)22-18(17(19)25,14-8-13(14)10-23)9-15(21-22)16(24)20-2/h3-7,9,11,13-14,21,23H,8,10H2,1-2H3,(H2,19,25)(H,20,24)/t11-,13+,14-,18?/m0/s1. The number of carbonyl (C=O) groups excluding carboxylic acids is 2. The van der Waals surface area contributed by atoms with Gasteiger partial charge in [0.1, 0.15) is 11.2 Å². The van der Waals surface area contributed by atoms with Gasteiger partial charge < -0.3 is 21.6 Å². The fourth-order valence-electron chi connectivity index (χ4n) is 3.74. The smallest absolute Gasteiger partial charge is 0.268 e. The minimum absolute atomic E-state index is 0.0000566. The van der Waals surface area contributed by atoms with Crippen molar-refractivity contribution in [2.75, 3.05) is 13.7 Å². The molecule has 0 bridgehead atoms. The second-order valence-electron chi connectivity index (χ2n) is 6.68. The molecule has 0 saturated heterocycles. The van der Waals surface area contributed by atoms with E-state index in [0.717, 1.165) is 5.56 Å². The van der Waals surface area contributed by atoms with E-state index >= 15 is 0 Å². The third-order valence-electron chi connectivity index (χ3n) is 5.26. The maximum Gasteiger partial charge on any atom is 0.268 e. The Morgan fingerprint density at radius 3 is 2.64 bits per heavy atom. The summed E-state index contributed by atoms with van der Waals surface area (Å²) in [4.78, 5) is 24.7. The van der Waals surface area contributed by atoms with Crippen molar-refractivity contribution in [3.8, 4) is 0 Å². The molecule has 1 aliphatic carbocycles. The van der Waals surface area contributed by atoms with Crippen LogP contribution in [0.15, 0.2) is 42.1 Å². The second-order valence-corrected chi connectivity index (χ2v) is 6.68. The number of hydrogen-bond acceptors (Lipinski definition) is 5. The third kappa shape index (κ3) is 2.79. The number of benzene rings is 1. The van der Waals surface area contributed by atoms with Gasteiger partial charge in [0, 0.05) is 13.7 Å². The van der Waals surface area contributed by atoms with Gasteiger partial charge in [-0.3, -0.25) is 9.59 Å². The van der Waals surface area contributed by atoms with Gasteiger partial charge in [-0.2, -0.15) is 5.01 Å². The quantitative estimate of drug-likeness (QED) is 0.583. The molecule has 3 rings (SSSR count). The minimum Gasteiger partial charge on any atom is -0.396 e. The van der Waals surface area contributed by atoms with E-state index < -0.39 is 11.4 Å². The van der Waals surface area contributed by atoms with Crippen LogP contribution in [-0.2, 0) is 9.59 Å². The number of primary amides is 1. The van der Waals surface area contributed by atoms with Crippen LogP contribution in [0.1, 0.15) is 24.9 Å². The van der Waals surface area contributed by atoms with E-state index in [0.29, 0.717) is 12.1 Å². The number of aliphatic hydroxyl groups is 1. The summed E-state index contributed by atoms with van der Waals surface area (Å²) in [6, 6.07) is 9.50. The number of amides is 2. The number of nitrogens with two attached hydrogens (primary N) is 1. The van der Waals surface area contributed by atoms with E-state index in [1.54, 1.807) is 11.1 Å². The summed E-state index contributed by atoms with van der Waals surface area (Å²) in [7, 11) is 1.54. The fraction of sp³-hybridized carbons (Fsp3) is 0.444. The Bertz CT molecular complexity index is 706. The molecule has 0 radical (unpaired) electrons. The lowest BCUT2D eigenvalue weighted by Crippen LogP contribution is -2.59. The normalized spacial score (nSPS) is 29.5. The van der Waals surface area contributed by atoms with Crippen LogP contribution in [-0.4, -0.2) is 41.1 Å². The zero-order valence-corrected chi connectivity index (χ0v) is 14.4. The molecule has 1 saturated carbocycles. The first-order valence-electron chi connectivity index (χ1n) is 8.42. The van der Waals surface area contributed by atoms with Gasteiger partial charge in [-0.15, -0.1) is 0 Å². The summed E-state index contributed by atoms with van der Waals surface area (Å²) in [5, 5.41) is 13.8. The Morgan fingerprint density at radius 1 is 1.44 bits per heavy atom. The molecule has 1 unspecified atom stereocenters. The molecular formula is C18H24N4O3. The van der Waals surface area contributed by atoms with Crippen molar-refractivity contribution in [3.63, 3.8) is 0 Å². The van der Waals surface area contributed by atoms with Crippen LogP contribution in [0.5, 0.6) is 0 Å². The number of likely N-dealkylation sites (N-methyl/N-ethyl adjacent to an activating group) is 1. The molecule has 1 aliphatic heterocycles. The van der Waals surface area contributed by atoms with Gasteiger partial charge >= 0.3 is 0 Å². The maximum absolute atomic E-state index is 12.6. The van der Waals surface area contributed by atoms with Gasteiger partial charge in [-0.1, -0.05) is 30.3 Å². The lowest BCUT2D eigenvalue weighted by atomic mass is 9.88. The van der Waals surface area contributed by atoms with Gasteiger partial charge in [0.25, 0.3) is 5.91 Å². The zero-order valence-electron chi connectivity index (χ0n) is 14.4. The lowest BCUT2D eigenvalue weighted by Gasteiger charge is -2.39. The number of nitrogens with zero attached hydrogens (tertiary/aromatic N) is 1. The van der Waals surface area contributed by atoms with E-state index in [-0.39, 0.29) is 30.4 Å². The van der Waals surface area contributed by atoms with Crippen LogP contribution in [0.25, 0.3) is 0 Å². The van der Waals surface area contributed by atoms with Crippen molar-refractivity contribution in [1.29, 1.82) is 0 Å². The lowest BCUT2D eigenvalue weighted by molar-refractivity contribution is -0.131. The van der Waals surface area contributed by atoms with E-state index in [9.17, 15) is 14.7 Å². The number of nitrogens with one attached hydrogen (secondary N) is 2. The molecule has 0 aromatic heterocycles. The largest absolute Gasteiger partial charge is 0.396 e. The molecule has 0 spiro atoms. The average molecular weight is 344 g/mol. The Morgan fingerprint density at radius 2 is 2.12 bits per heavy atom. The maximum atomic E-state index is 12.6. The van der Waals surface area contributed by atoms with Crippen LogP contribution >= 0.6 is 0 Å². The predicted molar refractivity (Wildman–Crippen MR) is 92.6 cm³/mol. The summed E-state index contributed by atoms with van der Waals surface area (Å²) in [5.41, 5.74) is 9.04. The van der Waals surface area contributed by atoms with Crippen molar-refractivity contribution < 1.29 is 14.7 Å². The summed E-state index contributed by atoms with van der Waals surface area (Å²) < 4.78 is 0. The van der Waals surface area contributed by atoms with E-state index in [2.05, 4.69) is 10.7 Å². The van der Waals surface area contributed by atoms with Crippen molar-refractivity contribution in [2.24, 2.45) is 17.6 Å². The first-order chi connectivity index (χ1) is 12.0. The van der Waals surface area contributed by atoms with Crippen molar-refractivity contribution >= 4 is 11.8 Å². The minimum atomic E-state index is -1.15. The molecule has 134 valence electrons. The van der Waals surface area contributed by atoms with E-state index in [1.165, 1.54) is 7.05 Å². The molecule has 1 heterocycles. The van der Waals surface area contributed by atoms with Crippen molar-refractivity contribution in [1.82, 2.24) is 15.8 Å². The number of rotatable bonds is 6. The van der Waals surface area contributed by atoms with Crippen LogP contribution < -0.4 is 16.5 Å². The number of aliphatic hydroxyl groups excluding tert-OH is 1. The van der Waals surface area contributed by atoms with Gasteiger partial charge in [0.05, 0.1) is 6.04 Å². The monoisotopic (exact) mass is 344 g/mol. The molecule has 1 aromatic carbocycles. The Hall–Kier alpha value is -2.38. The SMILES string of the molecule is CNC(=O)C1=CC(C(N)=O)([C@H]2C[C@@H]2CO)N([C@@H](C)c2ccccc2)N1. The number of hydrazine groups is 1. The van der Waals surface area contributed by atoms with Gasteiger partial charge in [-0.25, -0.2) is 0 Å². The molecule has 25 heavy (non-hydrogen) atoms. The molecule has 1 fully saturated rings. The molecule has 2 amide bonds. The molecule has 7 nitrogen and oxygen atoms in total. The molecule has 5 N–H and O–H groups in total. The van der Waals surface area contributed by atoms with Crippen LogP contribution in [0.4, 0.5) is 0 Å². The molecule has 7 heteroatoms. The highest BCUT2D eigenvalue weighted by molar-refractivity contribution is 5.97. The van der Waals surface area contributed by atoms with Gasteiger partial charge in [0.15, 0.2) is 0 Å². The molecule has 2 aliphatic rings. The first-order valence-corrected chi connectivity index (χ1v) is 8.42. The highest BCUT2D eigenvalue weighted by atomic mass is 16.3. The van der Waals surface area contributed by atoms with Gasteiger partial charge in [-0.05, 0) is 36.8 Å².